The van der Waals surface area contributed by atoms with Gasteiger partial charge in [-0.25, -0.2) is 0 Å². The topological polar surface area (TPSA) is 50.8 Å². The van der Waals surface area contributed by atoms with E-state index in [1.54, 1.807) is 26.4 Å². The Balaban J connectivity index is 1.89. The average molecular weight is 320 g/mol. The van der Waals surface area contributed by atoms with Gasteiger partial charge >= 0.3 is 0 Å². The van der Waals surface area contributed by atoms with E-state index in [0.29, 0.717) is 24.1 Å². The number of likely N-dealkylation sites (N-methyl/N-ethyl adjacent to an activating group) is 1. The molecule has 0 heterocycles. The molecular formula is C18H28N2O3. The number of hydrogen-bond donors (Lipinski definition) is 1. The molecule has 0 aliphatic heterocycles. The highest BCUT2D eigenvalue weighted by atomic mass is 16.5. The van der Waals surface area contributed by atoms with Gasteiger partial charge in [-0.15, -0.1) is 0 Å². The van der Waals surface area contributed by atoms with E-state index in [9.17, 15) is 4.79 Å². The predicted octanol–water partition coefficient (Wildman–Crippen LogP) is 3.15. The summed E-state index contributed by atoms with van der Waals surface area (Å²) < 4.78 is 10.5. The summed E-state index contributed by atoms with van der Waals surface area (Å²) in [7, 11) is 5.21. The Morgan fingerprint density at radius 3 is 2.43 bits per heavy atom. The first-order valence-electron chi connectivity index (χ1n) is 8.25. The lowest BCUT2D eigenvalue weighted by molar-refractivity contribution is -0.117. The number of amides is 1. The molecule has 0 saturated heterocycles. The minimum absolute atomic E-state index is 0.00154. The monoisotopic (exact) mass is 320 g/mol. The summed E-state index contributed by atoms with van der Waals surface area (Å²) in [6.07, 6.45) is 4.88. The molecule has 0 aromatic heterocycles. The maximum Gasteiger partial charge on any atom is 0.238 e. The molecule has 1 amide bonds. The van der Waals surface area contributed by atoms with Crippen LogP contribution < -0.4 is 14.8 Å². The Labute approximate surface area is 139 Å². The molecule has 1 aliphatic carbocycles. The van der Waals surface area contributed by atoms with Crippen LogP contribution in [0.4, 0.5) is 5.69 Å². The molecular weight excluding hydrogens is 292 g/mol. The first-order chi connectivity index (χ1) is 11.0. The quantitative estimate of drug-likeness (QED) is 0.875. The highest BCUT2D eigenvalue weighted by molar-refractivity contribution is 5.92. The van der Waals surface area contributed by atoms with Gasteiger partial charge in [0.1, 0.15) is 0 Å². The molecule has 1 saturated carbocycles. The highest BCUT2D eigenvalue weighted by Crippen LogP contribution is 2.30. The predicted molar refractivity (Wildman–Crippen MR) is 92.2 cm³/mol. The molecule has 1 aromatic rings. The zero-order chi connectivity index (χ0) is 16.8. The summed E-state index contributed by atoms with van der Waals surface area (Å²) in [6.45, 7) is 2.72. The van der Waals surface area contributed by atoms with Crippen LogP contribution >= 0.6 is 0 Å². The molecule has 5 nitrogen and oxygen atoms in total. The SMILES string of the molecule is COc1ccc(NC(=O)CN(C)C2CCC(C)CC2)cc1OC. The maximum absolute atomic E-state index is 12.3. The number of rotatable bonds is 6. The molecule has 1 fully saturated rings. The number of methoxy groups -OCH3 is 2. The van der Waals surface area contributed by atoms with E-state index in [1.807, 2.05) is 13.1 Å². The fraction of sp³-hybridized carbons (Fsp3) is 0.611. The second-order valence-electron chi connectivity index (χ2n) is 6.45. The second kappa shape index (κ2) is 8.20. The van der Waals surface area contributed by atoms with Gasteiger partial charge in [0.05, 0.1) is 20.8 Å². The Bertz CT molecular complexity index is 525. The van der Waals surface area contributed by atoms with Crippen molar-refractivity contribution in [2.24, 2.45) is 5.92 Å². The number of carbonyl (C=O) groups excluding carboxylic acids is 1. The highest BCUT2D eigenvalue weighted by Gasteiger charge is 2.23. The van der Waals surface area contributed by atoms with Crippen molar-refractivity contribution in [2.75, 3.05) is 33.1 Å². The molecule has 0 atom stereocenters. The van der Waals surface area contributed by atoms with E-state index in [-0.39, 0.29) is 5.91 Å². The zero-order valence-electron chi connectivity index (χ0n) is 14.6. The number of nitrogens with zero attached hydrogens (tertiary/aromatic N) is 1. The molecule has 0 spiro atoms. The van der Waals surface area contributed by atoms with E-state index in [1.165, 1.54) is 25.7 Å². The van der Waals surface area contributed by atoms with Crippen molar-refractivity contribution < 1.29 is 14.3 Å². The lowest BCUT2D eigenvalue weighted by Gasteiger charge is -2.33. The molecule has 128 valence electrons. The lowest BCUT2D eigenvalue weighted by Crippen LogP contribution is -2.39. The molecule has 2 rings (SSSR count). The fourth-order valence-corrected chi connectivity index (χ4v) is 3.15. The van der Waals surface area contributed by atoms with Crippen LogP contribution in [0.25, 0.3) is 0 Å². The molecule has 0 unspecified atom stereocenters. The van der Waals surface area contributed by atoms with Crippen molar-refractivity contribution in [1.82, 2.24) is 4.90 Å². The Morgan fingerprint density at radius 1 is 1.17 bits per heavy atom. The van der Waals surface area contributed by atoms with Crippen LogP contribution in [-0.4, -0.2) is 44.7 Å². The van der Waals surface area contributed by atoms with Crippen LogP contribution in [0.2, 0.25) is 0 Å². The van der Waals surface area contributed by atoms with Gasteiger partial charge in [0.25, 0.3) is 0 Å². The second-order valence-corrected chi connectivity index (χ2v) is 6.45. The van der Waals surface area contributed by atoms with Gasteiger partial charge in [0, 0.05) is 17.8 Å². The number of nitrogens with one attached hydrogen (secondary N) is 1. The number of benzene rings is 1. The van der Waals surface area contributed by atoms with Crippen LogP contribution in [0.3, 0.4) is 0 Å². The Hall–Kier alpha value is -1.75. The van der Waals surface area contributed by atoms with Gasteiger partial charge < -0.3 is 14.8 Å². The average Bonchev–Trinajstić information content (AvgIpc) is 2.55. The van der Waals surface area contributed by atoms with Crippen molar-refractivity contribution in [2.45, 2.75) is 38.6 Å². The van der Waals surface area contributed by atoms with E-state index in [2.05, 4.69) is 17.1 Å². The number of anilines is 1. The van der Waals surface area contributed by atoms with E-state index in [0.717, 1.165) is 11.6 Å². The minimum atomic E-state index is -0.00154. The van der Waals surface area contributed by atoms with Gasteiger partial charge in [0.2, 0.25) is 5.91 Å². The van der Waals surface area contributed by atoms with Gasteiger partial charge in [-0.05, 0) is 50.8 Å². The molecule has 5 heteroatoms. The fourth-order valence-electron chi connectivity index (χ4n) is 3.15. The summed E-state index contributed by atoms with van der Waals surface area (Å²) in [6, 6.07) is 5.91. The van der Waals surface area contributed by atoms with Gasteiger partial charge in [-0.1, -0.05) is 6.92 Å². The molecule has 1 aliphatic rings. The van der Waals surface area contributed by atoms with Crippen LogP contribution in [0.5, 0.6) is 11.5 Å². The summed E-state index contributed by atoms with van der Waals surface area (Å²) in [5.74, 6) is 2.08. The van der Waals surface area contributed by atoms with E-state index >= 15 is 0 Å². The lowest BCUT2D eigenvalue weighted by atomic mass is 9.87. The summed E-state index contributed by atoms with van der Waals surface area (Å²) >= 11 is 0. The number of ether oxygens (including phenoxy) is 2. The Morgan fingerprint density at radius 2 is 1.83 bits per heavy atom. The minimum Gasteiger partial charge on any atom is -0.493 e. The molecule has 0 radical (unpaired) electrons. The van der Waals surface area contributed by atoms with Gasteiger partial charge in [-0.2, -0.15) is 0 Å². The van der Waals surface area contributed by atoms with Crippen LogP contribution in [0, 0.1) is 5.92 Å². The smallest absolute Gasteiger partial charge is 0.238 e. The zero-order valence-corrected chi connectivity index (χ0v) is 14.6. The number of hydrogen-bond acceptors (Lipinski definition) is 4. The molecule has 0 bridgehead atoms. The first-order valence-corrected chi connectivity index (χ1v) is 8.25. The van der Waals surface area contributed by atoms with Crippen molar-refractivity contribution in [3.8, 4) is 11.5 Å². The maximum atomic E-state index is 12.3. The van der Waals surface area contributed by atoms with E-state index in [4.69, 9.17) is 9.47 Å². The third-order valence-electron chi connectivity index (χ3n) is 4.67. The standard InChI is InChI=1S/C18H28N2O3/c1-13-5-8-15(9-6-13)20(2)12-18(21)19-14-7-10-16(22-3)17(11-14)23-4/h7,10-11,13,15H,5-6,8-9,12H2,1-4H3,(H,19,21). The first kappa shape index (κ1) is 17.6. The van der Waals surface area contributed by atoms with Crippen molar-refractivity contribution in [3.63, 3.8) is 0 Å². The van der Waals surface area contributed by atoms with Gasteiger partial charge in [-0.3, -0.25) is 9.69 Å². The van der Waals surface area contributed by atoms with Crippen LogP contribution in [-0.2, 0) is 4.79 Å². The third kappa shape index (κ3) is 4.86. The molecule has 1 N–H and O–H groups in total. The third-order valence-corrected chi connectivity index (χ3v) is 4.67. The molecule has 23 heavy (non-hydrogen) atoms. The van der Waals surface area contributed by atoms with E-state index < -0.39 is 0 Å². The van der Waals surface area contributed by atoms with Crippen molar-refractivity contribution >= 4 is 11.6 Å². The summed E-state index contributed by atoms with van der Waals surface area (Å²) in [5.41, 5.74) is 0.721. The molecule has 1 aromatic carbocycles. The summed E-state index contributed by atoms with van der Waals surface area (Å²) in [4.78, 5) is 14.4. The normalized spacial score (nSPS) is 21.1. The van der Waals surface area contributed by atoms with Gasteiger partial charge in [0.15, 0.2) is 11.5 Å². The summed E-state index contributed by atoms with van der Waals surface area (Å²) in [5, 5.41) is 2.93. The van der Waals surface area contributed by atoms with Crippen molar-refractivity contribution in [1.29, 1.82) is 0 Å². The van der Waals surface area contributed by atoms with Crippen molar-refractivity contribution in [3.05, 3.63) is 18.2 Å². The van der Waals surface area contributed by atoms with Crippen LogP contribution in [0.15, 0.2) is 18.2 Å². The number of carbonyl (C=O) groups is 1. The largest absolute Gasteiger partial charge is 0.493 e. The van der Waals surface area contributed by atoms with Crippen LogP contribution in [0.1, 0.15) is 32.6 Å². The Kier molecular flexibility index (Phi) is 6.28.